The highest BCUT2D eigenvalue weighted by Gasteiger charge is 2.55. The van der Waals surface area contributed by atoms with Gasteiger partial charge in [-0.15, -0.1) is 16.8 Å². The molecule has 3 N–H and O–H groups in total. The summed E-state index contributed by atoms with van der Waals surface area (Å²) in [5.41, 5.74) is 0.519. The molecule has 1 saturated heterocycles. The molecule has 0 bridgehead atoms. The summed E-state index contributed by atoms with van der Waals surface area (Å²) in [6, 6.07) is 12.6. The Kier molecular flexibility index (Phi) is 15.7. The van der Waals surface area contributed by atoms with Gasteiger partial charge in [-0.25, -0.2) is 28.8 Å². The lowest BCUT2D eigenvalue weighted by Gasteiger charge is -2.49. The quantitative estimate of drug-likeness (QED) is 0.0254. The van der Waals surface area contributed by atoms with Gasteiger partial charge in [0.1, 0.15) is 40.7 Å². The van der Waals surface area contributed by atoms with Crippen molar-refractivity contribution >= 4 is 82.1 Å². The number of anilines is 1. The van der Waals surface area contributed by atoms with E-state index in [0.717, 1.165) is 6.08 Å². The van der Waals surface area contributed by atoms with Gasteiger partial charge in [0.25, 0.3) is 24.6 Å². The molecule has 0 radical (unpaired) electrons. The molecule has 2 unspecified atom stereocenters. The number of nitrogens with one attached hydrogen (secondary N) is 3. The van der Waals surface area contributed by atoms with E-state index >= 15 is 0 Å². The van der Waals surface area contributed by atoms with E-state index in [2.05, 4.69) is 35.0 Å². The number of halogens is 1. The number of rotatable bonds is 15. The number of alkyl halides is 1. The number of aromatic nitrogens is 4. The molecule has 4 amide bonds. The van der Waals surface area contributed by atoms with Crippen molar-refractivity contribution in [2.75, 3.05) is 25.0 Å². The molecule has 68 heavy (non-hydrogen) atoms. The SMILES string of the molecule is COc1ccc(COC(=O)C2=C(C[n+]3ccc(-c4cc(/C=C/C(=O)N=C=N)n(C(=O)OC(C)(C)C)c4)cc3)CSC3C(NC(=O)C(=NOCF)c4nsc(NC(=O)OC(C)(C)C)n4)C(=O)N23)cc1. The van der Waals surface area contributed by atoms with Crippen molar-refractivity contribution in [1.29, 1.82) is 5.41 Å². The van der Waals surface area contributed by atoms with Crippen LogP contribution in [0.1, 0.15) is 58.6 Å². The van der Waals surface area contributed by atoms with Crippen LogP contribution < -0.4 is 19.9 Å². The monoisotopic (exact) mass is 973 g/mol. The van der Waals surface area contributed by atoms with E-state index in [1.807, 2.05) is 0 Å². The average Bonchev–Trinajstić information content (AvgIpc) is 3.93. The molecule has 0 spiro atoms. The second-order valence-corrected chi connectivity index (χ2v) is 18.5. The number of fused-ring (bicyclic) bond motifs is 1. The van der Waals surface area contributed by atoms with E-state index in [9.17, 15) is 33.2 Å². The number of carbonyl (C=O) groups excluding carboxylic acids is 6. The molecule has 0 aliphatic carbocycles. The van der Waals surface area contributed by atoms with Crippen LogP contribution >= 0.6 is 23.3 Å². The van der Waals surface area contributed by atoms with Crippen LogP contribution in [-0.2, 0) is 51.4 Å². The Labute approximate surface area is 396 Å². The third-order valence-electron chi connectivity index (χ3n) is 9.32. The van der Waals surface area contributed by atoms with E-state index < -0.39 is 71.1 Å². The fourth-order valence-electron chi connectivity index (χ4n) is 6.44. The van der Waals surface area contributed by atoms with Gasteiger partial charge in [0.05, 0.1) is 18.8 Å². The summed E-state index contributed by atoms with van der Waals surface area (Å²) in [4.78, 5) is 92.3. The van der Waals surface area contributed by atoms with E-state index in [1.54, 1.807) is 113 Å². The Morgan fingerprint density at radius 1 is 1.03 bits per heavy atom. The Bertz CT molecular complexity index is 2730. The maximum atomic E-state index is 14.1. The number of methoxy groups -OCH3 is 1. The van der Waals surface area contributed by atoms with Crippen molar-refractivity contribution < 1.29 is 61.5 Å². The molecule has 5 heterocycles. The van der Waals surface area contributed by atoms with Crippen LogP contribution in [-0.4, -0.2) is 109 Å². The third-order valence-corrected chi connectivity index (χ3v) is 11.3. The molecule has 0 saturated carbocycles. The van der Waals surface area contributed by atoms with Crippen molar-refractivity contribution in [3.63, 3.8) is 0 Å². The number of β-lactam (4-membered cyclic amide) rings is 1. The zero-order valence-corrected chi connectivity index (χ0v) is 39.4. The summed E-state index contributed by atoms with van der Waals surface area (Å²) < 4.78 is 42.0. The van der Waals surface area contributed by atoms with Crippen LogP contribution in [0.25, 0.3) is 17.2 Å². The highest BCUT2D eigenvalue weighted by molar-refractivity contribution is 8.00. The second-order valence-electron chi connectivity index (χ2n) is 16.6. The molecular formula is C44H46FN10O11S2+. The number of amides is 4. The summed E-state index contributed by atoms with van der Waals surface area (Å²) in [5.74, 6) is -2.70. The first-order valence-electron chi connectivity index (χ1n) is 20.4. The highest BCUT2D eigenvalue weighted by Crippen LogP contribution is 2.41. The minimum Gasteiger partial charge on any atom is -0.497 e. The third kappa shape index (κ3) is 12.7. The summed E-state index contributed by atoms with van der Waals surface area (Å²) in [5, 5.41) is 14.6. The molecule has 24 heteroatoms. The minimum absolute atomic E-state index is 0.0178. The predicted molar refractivity (Wildman–Crippen MR) is 244 cm³/mol. The van der Waals surface area contributed by atoms with Crippen LogP contribution in [0.3, 0.4) is 0 Å². The summed E-state index contributed by atoms with van der Waals surface area (Å²) in [7, 11) is 1.53. The van der Waals surface area contributed by atoms with Crippen LogP contribution in [0.2, 0.25) is 0 Å². The molecule has 2 aliphatic heterocycles. The first-order chi connectivity index (χ1) is 32.3. The van der Waals surface area contributed by atoms with Crippen LogP contribution in [0.5, 0.6) is 5.75 Å². The number of ether oxygens (including phenoxy) is 4. The number of benzene rings is 1. The number of pyridine rings is 1. The van der Waals surface area contributed by atoms with Crippen LogP contribution in [0.4, 0.5) is 19.1 Å². The van der Waals surface area contributed by atoms with Gasteiger partial charge in [-0.3, -0.25) is 29.2 Å². The van der Waals surface area contributed by atoms with Gasteiger partial charge < -0.3 is 29.1 Å². The topological polar surface area (TPSA) is 259 Å². The number of carbonyl (C=O) groups is 6. The van der Waals surface area contributed by atoms with Crippen LogP contribution in [0, 0.1) is 5.41 Å². The number of esters is 1. The maximum Gasteiger partial charge on any atom is 0.418 e. The van der Waals surface area contributed by atoms with Crippen LogP contribution in [0.15, 0.2) is 88.5 Å². The summed E-state index contributed by atoms with van der Waals surface area (Å²) in [6.07, 6.45) is 5.98. The zero-order valence-electron chi connectivity index (χ0n) is 37.7. The number of hydrogen-bond acceptors (Lipinski definition) is 17. The number of oxime groups is 1. The van der Waals surface area contributed by atoms with Crippen molar-refractivity contribution in [1.82, 2.24) is 24.1 Å². The van der Waals surface area contributed by atoms with E-state index in [1.165, 1.54) is 34.4 Å². The van der Waals surface area contributed by atoms with Gasteiger partial charge in [-0.1, -0.05) is 17.3 Å². The fourth-order valence-corrected chi connectivity index (χ4v) is 8.33. The van der Waals surface area contributed by atoms with Gasteiger partial charge in [0.15, 0.2) is 18.9 Å². The Hall–Kier alpha value is -7.56. The van der Waals surface area contributed by atoms with Crippen molar-refractivity contribution in [3.05, 3.63) is 95.5 Å². The predicted octanol–water partition coefficient (Wildman–Crippen LogP) is 5.47. The highest BCUT2D eigenvalue weighted by atomic mass is 32.2. The molecule has 4 aromatic rings. The molecule has 2 atom stereocenters. The van der Waals surface area contributed by atoms with Gasteiger partial charge in [0, 0.05) is 52.8 Å². The largest absolute Gasteiger partial charge is 0.497 e. The minimum atomic E-state index is -1.40. The average molecular weight is 974 g/mol. The Morgan fingerprint density at radius 2 is 1.74 bits per heavy atom. The molecule has 6 rings (SSSR count). The molecule has 3 aromatic heterocycles. The van der Waals surface area contributed by atoms with Gasteiger partial charge in [-0.05, 0) is 76.9 Å². The fraction of sp³-hybridized carbons (Fsp3) is 0.341. The molecule has 2 aliphatic rings. The van der Waals surface area contributed by atoms with E-state index in [0.29, 0.717) is 45.2 Å². The lowest BCUT2D eigenvalue weighted by atomic mass is 10.0. The van der Waals surface area contributed by atoms with Gasteiger partial charge >= 0.3 is 18.2 Å². The number of hydrogen-bond donors (Lipinski definition) is 3. The summed E-state index contributed by atoms with van der Waals surface area (Å²) >= 11 is 1.96. The zero-order chi connectivity index (χ0) is 49.3. The lowest BCUT2D eigenvalue weighted by Crippen LogP contribution is -2.71. The number of aliphatic imine (C=N–C) groups is 1. The molecule has 21 nitrogen and oxygen atoms in total. The van der Waals surface area contributed by atoms with E-state index in [4.69, 9.17) is 24.4 Å². The van der Waals surface area contributed by atoms with Crippen molar-refractivity contribution in [2.45, 2.75) is 77.3 Å². The number of thioether (sulfide) groups is 1. The second kappa shape index (κ2) is 21.4. The number of nitrogens with zero attached hydrogens (tertiary/aromatic N) is 7. The lowest BCUT2D eigenvalue weighted by molar-refractivity contribution is -0.689. The molecule has 356 valence electrons. The van der Waals surface area contributed by atoms with Crippen molar-refractivity contribution in [3.8, 4) is 16.9 Å². The summed E-state index contributed by atoms with van der Waals surface area (Å²) in [6.45, 7) is 8.75. The molecule has 1 aromatic carbocycles. The Morgan fingerprint density at radius 3 is 2.38 bits per heavy atom. The van der Waals surface area contributed by atoms with Crippen molar-refractivity contribution in [2.24, 2.45) is 10.1 Å². The Balaban J connectivity index is 1.24. The first kappa shape index (κ1) is 49.9. The molecular weight excluding hydrogens is 928 g/mol. The first-order valence-corrected chi connectivity index (χ1v) is 22.3. The van der Waals surface area contributed by atoms with Gasteiger partial charge in [0.2, 0.25) is 16.7 Å². The maximum absolute atomic E-state index is 14.1. The molecule has 1 fully saturated rings. The van der Waals surface area contributed by atoms with Gasteiger partial charge in [-0.2, -0.15) is 9.36 Å². The normalized spacial score (nSPS) is 16.0. The smallest absolute Gasteiger partial charge is 0.418 e. The van der Waals surface area contributed by atoms with E-state index in [-0.39, 0.29) is 35.6 Å². The standard InChI is InChI=1S/C44H45FN10O11S2/c1-43(2,3)65-41(60)50-40-49-35(52-68-40)32(51-64-23-45)36(57)48-33-37(58)55-34(39(59)63-21-25-8-11-30(62-7)12-9-25)28(22-67-38(33)55)19-53-16-14-26(15-17-53)27-18-29(10-13-31(56)47-24-46)54(20-27)42(61)66-44(4,5)6/h8-18,20,33,38,46H,19,21-23H2,1-7H3,(H-,48,49,50,52,57,60)/p+1/b13-10+,51-32?.